The molecule has 0 spiro atoms. The lowest BCUT2D eigenvalue weighted by molar-refractivity contribution is 0.583. The molecule has 1 aromatic carbocycles. The molecule has 1 unspecified atom stereocenters. The molecule has 1 nitrogen and oxygen atoms in total. The van der Waals surface area contributed by atoms with E-state index < -0.39 is 0 Å². The normalized spacial score (nSPS) is 12.7. The lowest BCUT2D eigenvalue weighted by atomic mass is 10.2. The monoisotopic (exact) mass is 319 g/mol. The number of hydrogen-bond donors (Lipinski definition) is 1. The van der Waals surface area contributed by atoms with Gasteiger partial charge in [-0.25, -0.2) is 0 Å². The van der Waals surface area contributed by atoms with Crippen LogP contribution in [0.4, 0.5) is 0 Å². The standard InChI is InChI=1S/C13H12Cl3NS/c1-8(12-2-3-13(16)18-12)17-7-9-4-10(14)6-11(15)5-9/h2-6,8,17H,7H2,1H3. The minimum atomic E-state index is 0.250. The SMILES string of the molecule is CC(NCc1cc(Cl)cc(Cl)c1)c1ccc(Cl)s1. The number of nitrogens with one attached hydrogen (secondary N) is 1. The highest BCUT2D eigenvalue weighted by atomic mass is 35.5. The molecule has 0 aliphatic rings. The van der Waals surface area contributed by atoms with Crippen molar-refractivity contribution in [3.05, 3.63) is 55.2 Å². The van der Waals surface area contributed by atoms with Crippen molar-refractivity contribution in [1.82, 2.24) is 5.32 Å². The van der Waals surface area contributed by atoms with Gasteiger partial charge in [0.25, 0.3) is 0 Å². The number of halogens is 3. The third-order valence-electron chi connectivity index (χ3n) is 2.56. The summed E-state index contributed by atoms with van der Waals surface area (Å²) in [6.07, 6.45) is 0. The van der Waals surface area contributed by atoms with Gasteiger partial charge in [-0.05, 0) is 42.8 Å². The van der Waals surface area contributed by atoms with Crippen LogP contribution in [0.3, 0.4) is 0 Å². The Hall–Kier alpha value is -0.250. The van der Waals surface area contributed by atoms with Crippen molar-refractivity contribution in [2.24, 2.45) is 0 Å². The fraction of sp³-hybridized carbons (Fsp3) is 0.231. The van der Waals surface area contributed by atoms with E-state index in [2.05, 4.69) is 12.2 Å². The van der Waals surface area contributed by atoms with Crippen LogP contribution in [-0.2, 0) is 6.54 Å². The quantitative estimate of drug-likeness (QED) is 0.777. The topological polar surface area (TPSA) is 12.0 Å². The van der Waals surface area contributed by atoms with Crippen molar-refractivity contribution < 1.29 is 0 Å². The lowest BCUT2D eigenvalue weighted by Crippen LogP contribution is -2.17. The van der Waals surface area contributed by atoms with Gasteiger partial charge in [-0.3, -0.25) is 0 Å². The first kappa shape index (κ1) is 14.2. The second-order valence-electron chi connectivity index (χ2n) is 4.02. The maximum Gasteiger partial charge on any atom is 0.0931 e. The molecule has 2 rings (SSSR count). The molecule has 1 heterocycles. The van der Waals surface area contributed by atoms with Gasteiger partial charge in [-0.1, -0.05) is 34.8 Å². The van der Waals surface area contributed by atoms with Crippen molar-refractivity contribution in [1.29, 1.82) is 0 Å². The zero-order valence-corrected chi connectivity index (χ0v) is 12.8. The molecule has 0 saturated heterocycles. The van der Waals surface area contributed by atoms with Crippen LogP contribution < -0.4 is 5.32 Å². The molecule has 1 N–H and O–H groups in total. The van der Waals surface area contributed by atoms with Gasteiger partial charge in [0.1, 0.15) is 0 Å². The fourth-order valence-electron chi connectivity index (χ4n) is 1.65. The van der Waals surface area contributed by atoms with Crippen LogP contribution in [0.5, 0.6) is 0 Å². The van der Waals surface area contributed by atoms with Crippen LogP contribution in [0.2, 0.25) is 14.4 Å². The average molecular weight is 321 g/mol. The third kappa shape index (κ3) is 3.87. The van der Waals surface area contributed by atoms with Gasteiger partial charge in [0.05, 0.1) is 4.34 Å². The molecular weight excluding hydrogens is 309 g/mol. The second kappa shape index (κ2) is 6.27. The first-order valence-corrected chi connectivity index (χ1v) is 7.43. The van der Waals surface area contributed by atoms with Gasteiger partial charge in [0.2, 0.25) is 0 Å². The van der Waals surface area contributed by atoms with Crippen molar-refractivity contribution in [2.75, 3.05) is 0 Å². The van der Waals surface area contributed by atoms with Gasteiger partial charge in [-0.2, -0.15) is 0 Å². The summed E-state index contributed by atoms with van der Waals surface area (Å²) in [4.78, 5) is 1.22. The highest BCUT2D eigenvalue weighted by Gasteiger charge is 2.08. The van der Waals surface area contributed by atoms with Gasteiger partial charge in [0.15, 0.2) is 0 Å². The molecule has 2 aromatic rings. The summed E-state index contributed by atoms with van der Waals surface area (Å²) in [7, 11) is 0. The maximum atomic E-state index is 5.96. The number of rotatable bonds is 4. The summed E-state index contributed by atoms with van der Waals surface area (Å²) in [5.41, 5.74) is 1.07. The predicted octanol–water partition coefficient (Wildman–Crippen LogP) is 5.56. The van der Waals surface area contributed by atoms with Crippen LogP contribution >= 0.6 is 46.1 Å². The summed E-state index contributed by atoms with van der Waals surface area (Å²) in [5, 5.41) is 4.73. The van der Waals surface area contributed by atoms with Crippen LogP contribution in [-0.4, -0.2) is 0 Å². The minimum Gasteiger partial charge on any atom is -0.305 e. The van der Waals surface area contributed by atoms with Crippen molar-refractivity contribution in [3.8, 4) is 0 Å². The third-order valence-corrected chi connectivity index (χ3v) is 4.41. The summed E-state index contributed by atoms with van der Waals surface area (Å²) in [5.74, 6) is 0. The van der Waals surface area contributed by atoms with Gasteiger partial charge < -0.3 is 5.32 Å². The highest BCUT2D eigenvalue weighted by Crippen LogP contribution is 2.27. The first-order valence-electron chi connectivity index (χ1n) is 5.48. The molecule has 1 atom stereocenters. The minimum absolute atomic E-state index is 0.250. The van der Waals surface area contributed by atoms with Crippen LogP contribution in [0.15, 0.2) is 30.3 Å². The predicted molar refractivity (Wildman–Crippen MR) is 81.0 cm³/mol. The van der Waals surface area contributed by atoms with E-state index in [9.17, 15) is 0 Å². The van der Waals surface area contributed by atoms with Gasteiger partial charge in [0, 0.05) is 27.5 Å². The molecule has 96 valence electrons. The Labute approximate surface area is 126 Å². The zero-order valence-electron chi connectivity index (χ0n) is 9.71. The van der Waals surface area contributed by atoms with Crippen LogP contribution in [0, 0.1) is 0 Å². The van der Waals surface area contributed by atoms with Gasteiger partial charge in [-0.15, -0.1) is 11.3 Å². The number of thiophene rings is 1. The Morgan fingerprint density at radius 2 is 1.78 bits per heavy atom. The van der Waals surface area contributed by atoms with E-state index >= 15 is 0 Å². The van der Waals surface area contributed by atoms with E-state index in [0.717, 1.165) is 16.4 Å². The van der Waals surface area contributed by atoms with Crippen molar-refractivity contribution in [2.45, 2.75) is 19.5 Å². The van der Waals surface area contributed by atoms with Crippen LogP contribution in [0.1, 0.15) is 23.4 Å². The summed E-state index contributed by atoms with van der Waals surface area (Å²) in [6.45, 7) is 2.82. The van der Waals surface area contributed by atoms with E-state index in [1.807, 2.05) is 24.3 Å². The number of hydrogen-bond acceptors (Lipinski definition) is 2. The molecule has 0 aliphatic heterocycles. The summed E-state index contributed by atoms with van der Waals surface area (Å²) < 4.78 is 0.810. The number of benzene rings is 1. The molecular formula is C13H12Cl3NS. The average Bonchev–Trinajstić information content (AvgIpc) is 2.71. The Morgan fingerprint density at radius 3 is 2.33 bits per heavy atom. The smallest absolute Gasteiger partial charge is 0.0931 e. The van der Waals surface area contributed by atoms with Crippen molar-refractivity contribution >= 4 is 46.1 Å². The Morgan fingerprint density at radius 1 is 1.11 bits per heavy atom. The molecule has 18 heavy (non-hydrogen) atoms. The lowest BCUT2D eigenvalue weighted by Gasteiger charge is -2.12. The molecule has 0 amide bonds. The van der Waals surface area contributed by atoms with E-state index in [1.54, 1.807) is 17.4 Å². The molecule has 0 radical (unpaired) electrons. The maximum absolute atomic E-state index is 5.96. The van der Waals surface area contributed by atoms with E-state index in [-0.39, 0.29) is 6.04 Å². The molecule has 0 saturated carbocycles. The molecule has 0 fully saturated rings. The van der Waals surface area contributed by atoms with E-state index in [1.165, 1.54) is 4.88 Å². The van der Waals surface area contributed by atoms with E-state index in [4.69, 9.17) is 34.8 Å². The van der Waals surface area contributed by atoms with E-state index in [0.29, 0.717) is 10.0 Å². The Kier molecular flexibility index (Phi) is 4.93. The zero-order chi connectivity index (χ0) is 13.1. The fourth-order valence-corrected chi connectivity index (χ4v) is 3.30. The highest BCUT2D eigenvalue weighted by molar-refractivity contribution is 7.16. The summed E-state index contributed by atoms with van der Waals surface area (Å²) in [6, 6.07) is 9.75. The first-order chi connectivity index (χ1) is 8.54. The molecule has 5 heteroatoms. The Bertz CT molecular complexity index is 519. The molecule has 1 aromatic heterocycles. The second-order valence-corrected chi connectivity index (χ2v) is 6.64. The van der Waals surface area contributed by atoms with Gasteiger partial charge >= 0.3 is 0 Å². The molecule has 0 bridgehead atoms. The van der Waals surface area contributed by atoms with Crippen LogP contribution in [0.25, 0.3) is 0 Å². The summed E-state index contributed by atoms with van der Waals surface area (Å²) >= 11 is 19.4. The molecule has 0 aliphatic carbocycles. The Balaban J connectivity index is 1.99. The van der Waals surface area contributed by atoms with Crippen molar-refractivity contribution in [3.63, 3.8) is 0 Å². The largest absolute Gasteiger partial charge is 0.305 e.